The lowest BCUT2D eigenvalue weighted by Crippen LogP contribution is -2.51. The number of carboxylic acid groups (broad SMARTS) is 1. The van der Waals surface area contributed by atoms with E-state index in [-0.39, 0.29) is 11.5 Å². The molecule has 1 aliphatic heterocycles. The molecule has 1 N–H and O–H groups in total. The highest BCUT2D eigenvalue weighted by atomic mass is 19.1. The molecular formula is C21H21FN4O3. The van der Waals surface area contributed by atoms with Gasteiger partial charge in [0.15, 0.2) is 11.4 Å². The maximum Gasteiger partial charge on any atom is 0.331 e. The van der Waals surface area contributed by atoms with Crippen molar-refractivity contribution in [3.8, 4) is 0 Å². The molecule has 4 rings (SSSR count). The van der Waals surface area contributed by atoms with E-state index in [1.54, 1.807) is 35.4 Å². The molecule has 1 aromatic heterocycles. The summed E-state index contributed by atoms with van der Waals surface area (Å²) < 4.78 is 13.9. The van der Waals surface area contributed by atoms with E-state index in [9.17, 15) is 19.1 Å². The standard InChI is InChI=1S/C21H21FN4O3/c22-16-6-2-1-5-15(16)19(27)26-13-11-25(12-14-26)18(17-7-3-4-10-23-17)24-21(8-9-21)20(28)29/h1-7,10H,8-9,11-14H2,(H,28,29)/b24-18+. The van der Waals surface area contributed by atoms with E-state index in [4.69, 9.17) is 0 Å². The van der Waals surface area contributed by atoms with Gasteiger partial charge in [0, 0.05) is 32.4 Å². The first-order chi connectivity index (χ1) is 14.0. The zero-order chi connectivity index (χ0) is 20.4. The summed E-state index contributed by atoms with van der Waals surface area (Å²) in [6.45, 7) is 1.70. The third-order valence-electron chi connectivity index (χ3n) is 5.31. The van der Waals surface area contributed by atoms with Crippen LogP contribution in [0.25, 0.3) is 0 Å². The SMILES string of the molecule is O=C(c1ccccc1F)N1CCN(/C(=N/C2(C(=O)O)CC2)c2ccccn2)CC1. The van der Waals surface area contributed by atoms with Crippen molar-refractivity contribution in [2.24, 2.45) is 4.99 Å². The van der Waals surface area contributed by atoms with Crippen LogP contribution in [-0.2, 0) is 4.79 Å². The normalized spacial score (nSPS) is 18.4. The minimum Gasteiger partial charge on any atom is -0.479 e. The predicted octanol–water partition coefficient (Wildman–Crippen LogP) is 2.04. The highest BCUT2D eigenvalue weighted by Gasteiger charge is 2.51. The Morgan fingerprint density at radius 1 is 1.00 bits per heavy atom. The monoisotopic (exact) mass is 396 g/mol. The third-order valence-corrected chi connectivity index (χ3v) is 5.31. The van der Waals surface area contributed by atoms with Crippen LogP contribution < -0.4 is 0 Å². The second-order valence-electron chi connectivity index (χ2n) is 7.25. The first-order valence-corrected chi connectivity index (χ1v) is 9.54. The van der Waals surface area contributed by atoms with Gasteiger partial charge in [-0.2, -0.15) is 0 Å². The Labute approximate surface area is 167 Å². The molecule has 0 unspecified atom stereocenters. The van der Waals surface area contributed by atoms with Gasteiger partial charge in [0.2, 0.25) is 0 Å². The van der Waals surface area contributed by atoms with Crippen LogP contribution in [0.15, 0.2) is 53.7 Å². The molecular weight excluding hydrogens is 375 g/mol. The van der Waals surface area contributed by atoms with E-state index >= 15 is 0 Å². The zero-order valence-corrected chi connectivity index (χ0v) is 15.8. The number of pyridine rings is 1. The Bertz CT molecular complexity index is 951. The summed E-state index contributed by atoms with van der Waals surface area (Å²) in [5, 5.41) is 9.53. The maximum atomic E-state index is 13.9. The van der Waals surface area contributed by atoms with Crippen molar-refractivity contribution in [1.29, 1.82) is 0 Å². The fraction of sp³-hybridized carbons (Fsp3) is 0.333. The maximum absolute atomic E-state index is 13.9. The molecule has 0 spiro atoms. The lowest BCUT2D eigenvalue weighted by Gasteiger charge is -2.36. The molecule has 8 heteroatoms. The van der Waals surface area contributed by atoms with E-state index in [1.165, 1.54) is 12.1 Å². The molecule has 1 saturated heterocycles. The molecule has 2 fully saturated rings. The molecule has 2 aromatic rings. The van der Waals surface area contributed by atoms with Crippen molar-refractivity contribution in [1.82, 2.24) is 14.8 Å². The van der Waals surface area contributed by atoms with Crippen LogP contribution in [0.2, 0.25) is 0 Å². The fourth-order valence-corrected chi connectivity index (χ4v) is 3.41. The number of piperazine rings is 1. The van der Waals surface area contributed by atoms with Crippen LogP contribution in [-0.4, -0.2) is 69.3 Å². The number of carbonyl (C=O) groups excluding carboxylic acids is 1. The molecule has 0 radical (unpaired) electrons. The number of aliphatic carboxylic acids is 1. The Kier molecular flexibility index (Phi) is 5.00. The summed E-state index contributed by atoms with van der Waals surface area (Å²) in [6.07, 6.45) is 2.65. The quantitative estimate of drug-likeness (QED) is 0.631. The van der Waals surface area contributed by atoms with E-state index in [0.29, 0.717) is 50.6 Å². The number of carboxylic acids is 1. The molecule has 150 valence electrons. The van der Waals surface area contributed by atoms with Crippen LogP contribution in [0.4, 0.5) is 4.39 Å². The van der Waals surface area contributed by atoms with Gasteiger partial charge in [-0.05, 0) is 37.1 Å². The first-order valence-electron chi connectivity index (χ1n) is 9.54. The average Bonchev–Trinajstić information content (AvgIpc) is 3.54. The summed E-state index contributed by atoms with van der Waals surface area (Å²) in [4.78, 5) is 36.7. The number of halogens is 1. The zero-order valence-electron chi connectivity index (χ0n) is 15.8. The number of aromatic nitrogens is 1. The molecule has 0 atom stereocenters. The Hall–Kier alpha value is -3.29. The number of hydrogen-bond acceptors (Lipinski definition) is 4. The number of amides is 1. The minimum absolute atomic E-state index is 0.0578. The highest BCUT2D eigenvalue weighted by molar-refractivity contribution is 6.00. The van der Waals surface area contributed by atoms with Crippen molar-refractivity contribution in [2.75, 3.05) is 26.2 Å². The molecule has 7 nitrogen and oxygen atoms in total. The lowest BCUT2D eigenvalue weighted by atomic mass is 10.1. The molecule has 2 heterocycles. The number of carbonyl (C=O) groups is 2. The summed E-state index contributed by atoms with van der Waals surface area (Å²) in [6, 6.07) is 11.4. The smallest absolute Gasteiger partial charge is 0.331 e. The van der Waals surface area contributed by atoms with E-state index in [1.807, 2.05) is 11.0 Å². The summed E-state index contributed by atoms with van der Waals surface area (Å²) in [5.41, 5.74) is -0.413. The second-order valence-corrected chi connectivity index (χ2v) is 7.25. The van der Waals surface area contributed by atoms with Crippen LogP contribution in [0, 0.1) is 5.82 Å². The van der Waals surface area contributed by atoms with Gasteiger partial charge in [-0.1, -0.05) is 18.2 Å². The largest absolute Gasteiger partial charge is 0.479 e. The summed E-state index contributed by atoms with van der Waals surface area (Å²) in [7, 11) is 0. The minimum atomic E-state index is -1.08. The third kappa shape index (κ3) is 3.83. The molecule has 0 bridgehead atoms. The van der Waals surface area contributed by atoms with Gasteiger partial charge in [-0.25, -0.2) is 14.2 Å². The van der Waals surface area contributed by atoms with Crippen LogP contribution in [0.3, 0.4) is 0 Å². The van der Waals surface area contributed by atoms with Gasteiger partial charge in [0.1, 0.15) is 11.5 Å². The lowest BCUT2D eigenvalue weighted by molar-refractivity contribution is -0.139. The van der Waals surface area contributed by atoms with E-state index in [2.05, 4.69) is 9.98 Å². The van der Waals surface area contributed by atoms with E-state index in [0.717, 1.165) is 0 Å². The topological polar surface area (TPSA) is 86.1 Å². The summed E-state index contributed by atoms with van der Waals surface area (Å²) in [5.74, 6) is -1.28. The van der Waals surface area contributed by atoms with Crippen molar-refractivity contribution in [3.05, 3.63) is 65.7 Å². The molecule has 29 heavy (non-hydrogen) atoms. The summed E-state index contributed by atoms with van der Waals surface area (Å²) >= 11 is 0. The highest BCUT2D eigenvalue weighted by Crippen LogP contribution is 2.40. The Morgan fingerprint density at radius 3 is 2.24 bits per heavy atom. The number of rotatable bonds is 4. The molecule has 2 aliphatic rings. The predicted molar refractivity (Wildman–Crippen MR) is 104 cm³/mol. The van der Waals surface area contributed by atoms with Gasteiger partial charge in [-0.15, -0.1) is 0 Å². The van der Waals surface area contributed by atoms with Crippen molar-refractivity contribution < 1.29 is 19.1 Å². The van der Waals surface area contributed by atoms with Crippen molar-refractivity contribution >= 4 is 17.7 Å². The number of nitrogens with zero attached hydrogens (tertiary/aromatic N) is 4. The molecule has 1 aliphatic carbocycles. The van der Waals surface area contributed by atoms with Crippen molar-refractivity contribution in [2.45, 2.75) is 18.4 Å². The van der Waals surface area contributed by atoms with Crippen molar-refractivity contribution in [3.63, 3.8) is 0 Å². The molecule has 1 saturated carbocycles. The number of aliphatic imine (C=N–C) groups is 1. The van der Waals surface area contributed by atoms with Crippen LogP contribution >= 0.6 is 0 Å². The number of hydrogen-bond donors (Lipinski definition) is 1. The molecule has 1 amide bonds. The number of benzene rings is 1. The van der Waals surface area contributed by atoms with Gasteiger partial charge in [-0.3, -0.25) is 9.78 Å². The Balaban J connectivity index is 1.53. The van der Waals surface area contributed by atoms with Gasteiger partial charge in [0.05, 0.1) is 5.56 Å². The van der Waals surface area contributed by atoms with Gasteiger partial charge >= 0.3 is 5.97 Å². The number of amidine groups is 1. The van der Waals surface area contributed by atoms with Gasteiger partial charge in [0.25, 0.3) is 5.91 Å². The average molecular weight is 396 g/mol. The fourth-order valence-electron chi connectivity index (χ4n) is 3.41. The first kappa shape index (κ1) is 19.0. The van der Waals surface area contributed by atoms with Gasteiger partial charge < -0.3 is 14.9 Å². The van der Waals surface area contributed by atoms with Crippen LogP contribution in [0.5, 0.6) is 0 Å². The Morgan fingerprint density at radius 2 is 1.66 bits per heavy atom. The molecule has 1 aromatic carbocycles. The van der Waals surface area contributed by atoms with Crippen LogP contribution in [0.1, 0.15) is 28.9 Å². The second kappa shape index (κ2) is 7.62. The van der Waals surface area contributed by atoms with E-state index < -0.39 is 17.3 Å².